The second kappa shape index (κ2) is 9.10. The lowest BCUT2D eigenvalue weighted by Crippen LogP contribution is -2.12. The maximum atomic E-state index is 12.0. The van der Waals surface area contributed by atoms with Crippen LogP contribution >= 0.6 is 11.8 Å². The van der Waals surface area contributed by atoms with Gasteiger partial charge in [0, 0.05) is 42.2 Å². The van der Waals surface area contributed by atoms with Crippen LogP contribution in [0.1, 0.15) is 12.2 Å². The van der Waals surface area contributed by atoms with Gasteiger partial charge in [0.25, 0.3) is 0 Å². The molecule has 26 heavy (non-hydrogen) atoms. The number of rotatable bonds is 8. The number of imidazole rings is 1. The zero-order valence-corrected chi connectivity index (χ0v) is 15.4. The zero-order valence-electron chi connectivity index (χ0n) is 14.6. The molecule has 0 bridgehead atoms. The van der Waals surface area contributed by atoms with Crippen molar-refractivity contribution in [3.8, 4) is 5.75 Å². The van der Waals surface area contributed by atoms with Gasteiger partial charge in [-0.15, -0.1) is 11.8 Å². The van der Waals surface area contributed by atoms with Gasteiger partial charge in [0.1, 0.15) is 18.2 Å². The molecule has 3 aromatic rings. The van der Waals surface area contributed by atoms with Crippen LogP contribution in [0.4, 0.5) is 5.69 Å². The molecule has 0 fully saturated rings. The minimum atomic E-state index is 0.00936. The molecule has 0 unspecified atom stereocenters. The monoisotopic (exact) mass is 367 g/mol. The fourth-order valence-electron chi connectivity index (χ4n) is 2.32. The molecule has 1 amide bonds. The summed E-state index contributed by atoms with van der Waals surface area (Å²) in [6, 6.07) is 17.5. The Hall–Kier alpha value is -2.73. The van der Waals surface area contributed by atoms with Crippen molar-refractivity contribution in [2.75, 3.05) is 11.1 Å². The predicted molar refractivity (Wildman–Crippen MR) is 104 cm³/mol. The van der Waals surface area contributed by atoms with E-state index in [-0.39, 0.29) is 5.91 Å². The molecule has 6 heteroatoms. The molecule has 0 aliphatic carbocycles. The van der Waals surface area contributed by atoms with Crippen LogP contribution in [0.15, 0.2) is 71.9 Å². The number of carbonyl (C=O) groups is 1. The first-order valence-electron chi connectivity index (χ1n) is 8.37. The number of hydrogen-bond donors (Lipinski definition) is 1. The quantitative estimate of drug-likeness (QED) is 0.609. The van der Waals surface area contributed by atoms with Crippen LogP contribution in [-0.2, 0) is 18.4 Å². The molecule has 0 saturated heterocycles. The lowest BCUT2D eigenvalue weighted by atomic mass is 10.3. The standard InChI is InChI=1S/C20H21N3O2S/c1-23-13-12-21-19(23)15-25-17-9-7-16(8-10-17)22-20(24)11-14-26-18-5-3-2-4-6-18/h2-10,12-13H,11,14-15H2,1H3,(H,22,24). The summed E-state index contributed by atoms with van der Waals surface area (Å²) < 4.78 is 7.62. The molecule has 0 spiro atoms. The first-order chi connectivity index (χ1) is 12.7. The van der Waals surface area contributed by atoms with Crippen molar-refractivity contribution in [2.24, 2.45) is 7.05 Å². The van der Waals surface area contributed by atoms with Gasteiger partial charge in [-0.1, -0.05) is 18.2 Å². The molecule has 134 valence electrons. The van der Waals surface area contributed by atoms with Crippen molar-refractivity contribution >= 4 is 23.4 Å². The van der Waals surface area contributed by atoms with E-state index in [0.29, 0.717) is 13.0 Å². The summed E-state index contributed by atoms with van der Waals surface area (Å²) in [5.74, 6) is 2.36. The van der Waals surface area contributed by atoms with Crippen molar-refractivity contribution in [2.45, 2.75) is 17.9 Å². The maximum Gasteiger partial charge on any atom is 0.225 e. The summed E-state index contributed by atoms with van der Waals surface area (Å²) in [5, 5.41) is 2.91. The Morgan fingerprint density at radius 3 is 2.62 bits per heavy atom. The van der Waals surface area contributed by atoms with Gasteiger partial charge in [-0.25, -0.2) is 4.98 Å². The van der Waals surface area contributed by atoms with Crippen molar-refractivity contribution in [1.29, 1.82) is 0 Å². The van der Waals surface area contributed by atoms with Gasteiger partial charge in [-0.2, -0.15) is 0 Å². The molecular formula is C20H21N3O2S. The highest BCUT2D eigenvalue weighted by Gasteiger charge is 2.04. The molecule has 1 heterocycles. The van der Waals surface area contributed by atoms with Gasteiger partial charge in [0.05, 0.1) is 0 Å². The number of ether oxygens (including phenoxy) is 1. The predicted octanol–water partition coefficient (Wildman–Crippen LogP) is 4.12. The SMILES string of the molecule is Cn1ccnc1COc1ccc(NC(=O)CCSc2ccccc2)cc1. The number of hydrogen-bond acceptors (Lipinski definition) is 4. The Balaban J connectivity index is 1.42. The van der Waals surface area contributed by atoms with Gasteiger partial charge < -0.3 is 14.6 Å². The van der Waals surface area contributed by atoms with Gasteiger partial charge >= 0.3 is 0 Å². The molecule has 0 aliphatic heterocycles. The number of aryl methyl sites for hydroxylation is 1. The average molecular weight is 367 g/mol. The summed E-state index contributed by atoms with van der Waals surface area (Å²) in [6.45, 7) is 0.409. The minimum absolute atomic E-state index is 0.00936. The van der Waals surface area contributed by atoms with E-state index in [9.17, 15) is 4.79 Å². The van der Waals surface area contributed by atoms with E-state index in [0.717, 1.165) is 23.0 Å². The van der Waals surface area contributed by atoms with E-state index < -0.39 is 0 Å². The molecule has 1 aromatic heterocycles. The van der Waals surface area contributed by atoms with Gasteiger partial charge in [0.2, 0.25) is 5.91 Å². The molecule has 0 radical (unpaired) electrons. The molecule has 0 atom stereocenters. The molecule has 3 rings (SSSR count). The summed E-state index contributed by atoms with van der Waals surface area (Å²) in [4.78, 5) is 17.4. The largest absolute Gasteiger partial charge is 0.486 e. The number of aromatic nitrogens is 2. The van der Waals surface area contributed by atoms with Crippen LogP contribution in [0.25, 0.3) is 0 Å². The second-order valence-electron chi connectivity index (χ2n) is 5.73. The topological polar surface area (TPSA) is 56.1 Å². The Bertz CT molecular complexity index is 832. The Morgan fingerprint density at radius 2 is 1.92 bits per heavy atom. The van der Waals surface area contributed by atoms with Crippen LogP contribution in [0.3, 0.4) is 0 Å². The van der Waals surface area contributed by atoms with Crippen molar-refractivity contribution in [3.63, 3.8) is 0 Å². The van der Waals surface area contributed by atoms with E-state index in [2.05, 4.69) is 10.3 Å². The number of amides is 1. The molecule has 1 N–H and O–H groups in total. The van der Waals surface area contributed by atoms with E-state index in [1.165, 1.54) is 4.90 Å². The number of thioether (sulfide) groups is 1. The fourth-order valence-corrected chi connectivity index (χ4v) is 3.19. The maximum absolute atomic E-state index is 12.0. The fraction of sp³-hybridized carbons (Fsp3) is 0.200. The Kier molecular flexibility index (Phi) is 6.33. The molecule has 2 aromatic carbocycles. The molecule has 5 nitrogen and oxygen atoms in total. The smallest absolute Gasteiger partial charge is 0.225 e. The third-order valence-corrected chi connectivity index (χ3v) is 4.78. The van der Waals surface area contributed by atoms with Crippen molar-refractivity contribution in [1.82, 2.24) is 9.55 Å². The lowest BCUT2D eigenvalue weighted by Gasteiger charge is -2.08. The summed E-state index contributed by atoms with van der Waals surface area (Å²) in [7, 11) is 1.93. The summed E-state index contributed by atoms with van der Waals surface area (Å²) >= 11 is 1.68. The van der Waals surface area contributed by atoms with E-state index in [4.69, 9.17) is 4.74 Å². The van der Waals surface area contributed by atoms with Crippen molar-refractivity contribution < 1.29 is 9.53 Å². The van der Waals surface area contributed by atoms with Gasteiger partial charge in [-0.05, 0) is 36.4 Å². The number of nitrogens with zero attached hydrogens (tertiary/aromatic N) is 2. The average Bonchev–Trinajstić information content (AvgIpc) is 3.07. The third-order valence-electron chi connectivity index (χ3n) is 3.77. The first kappa shape index (κ1) is 18.1. The van der Waals surface area contributed by atoms with Gasteiger partial charge in [0.15, 0.2) is 0 Å². The lowest BCUT2D eigenvalue weighted by molar-refractivity contribution is -0.115. The Morgan fingerprint density at radius 1 is 1.15 bits per heavy atom. The number of carbonyl (C=O) groups excluding carboxylic acids is 1. The normalized spacial score (nSPS) is 10.5. The highest BCUT2D eigenvalue weighted by Crippen LogP contribution is 2.19. The zero-order chi connectivity index (χ0) is 18.2. The number of nitrogens with one attached hydrogen (secondary N) is 1. The number of anilines is 1. The van der Waals surface area contributed by atoms with Crippen LogP contribution in [0.5, 0.6) is 5.75 Å². The molecular weight excluding hydrogens is 346 g/mol. The van der Waals surface area contributed by atoms with Crippen LogP contribution < -0.4 is 10.1 Å². The van der Waals surface area contributed by atoms with E-state index >= 15 is 0 Å². The summed E-state index contributed by atoms with van der Waals surface area (Å²) in [5.41, 5.74) is 0.768. The molecule has 0 saturated carbocycles. The van der Waals surface area contributed by atoms with Crippen LogP contribution in [0, 0.1) is 0 Å². The van der Waals surface area contributed by atoms with Crippen molar-refractivity contribution in [3.05, 3.63) is 72.8 Å². The van der Waals surface area contributed by atoms with Crippen LogP contribution in [0.2, 0.25) is 0 Å². The Labute approximate surface area is 157 Å². The third kappa shape index (κ3) is 5.39. The number of benzene rings is 2. The highest BCUT2D eigenvalue weighted by molar-refractivity contribution is 7.99. The van der Waals surface area contributed by atoms with E-state index in [1.54, 1.807) is 18.0 Å². The highest BCUT2D eigenvalue weighted by atomic mass is 32.2. The van der Waals surface area contributed by atoms with E-state index in [1.807, 2.05) is 72.4 Å². The molecule has 0 aliphatic rings. The van der Waals surface area contributed by atoms with Crippen LogP contribution in [-0.4, -0.2) is 21.2 Å². The summed E-state index contributed by atoms with van der Waals surface area (Å²) in [6.07, 6.45) is 4.10. The second-order valence-corrected chi connectivity index (χ2v) is 6.90. The van der Waals surface area contributed by atoms with Gasteiger partial charge in [-0.3, -0.25) is 4.79 Å². The first-order valence-corrected chi connectivity index (χ1v) is 9.36. The minimum Gasteiger partial charge on any atom is -0.486 e.